The number of carboxylic acid groups (broad SMARTS) is 1. The van der Waals surface area contributed by atoms with Gasteiger partial charge in [0.05, 0.1) is 50.3 Å². The van der Waals surface area contributed by atoms with E-state index >= 15 is 0 Å². The summed E-state index contributed by atoms with van der Waals surface area (Å²) in [7, 11) is -7.52. The molecule has 4 aliphatic heterocycles. The Bertz CT molecular complexity index is 2580. The number of piperidine rings is 2. The number of hydrogen-bond donors (Lipinski definition) is 1. The molecule has 0 spiro atoms. The molecule has 2 atom stereocenters. The first-order chi connectivity index (χ1) is 31.2. The van der Waals surface area contributed by atoms with Gasteiger partial charge in [-0.2, -0.15) is 8.61 Å². The van der Waals surface area contributed by atoms with Gasteiger partial charge in [0.15, 0.2) is 0 Å². The monoisotopic (exact) mass is 954 g/mol. The fraction of sp³-hybridized carbons (Fsp3) is 0.667. The van der Waals surface area contributed by atoms with E-state index in [4.69, 9.17) is 24.2 Å². The molecule has 0 saturated carbocycles. The molecule has 0 radical (unpaired) electrons. The van der Waals surface area contributed by atoms with E-state index in [0.29, 0.717) is 68.2 Å². The molecule has 18 heteroatoms. The van der Waals surface area contributed by atoms with Crippen molar-refractivity contribution in [1.82, 2.24) is 27.7 Å². The summed E-state index contributed by atoms with van der Waals surface area (Å²) < 4.78 is 76.9. The lowest BCUT2D eigenvalue weighted by atomic mass is 9.94. The van der Waals surface area contributed by atoms with Crippen molar-refractivity contribution in [3.63, 3.8) is 0 Å². The molecule has 66 heavy (non-hydrogen) atoms. The molecule has 1 N–H and O–H groups in total. The fourth-order valence-electron chi connectivity index (χ4n) is 9.70. The summed E-state index contributed by atoms with van der Waals surface area (Å²) in [6.45, 7) is 20.5. The first-order valence-corrected chi connectivity index (χ1v) is 26.6. The predicted octanol–water partition coefficient (Wildman–Crippen LogP) is 6.97. The van der Waals surface area contributed by atoms with Crippen molar-refractivity contribution in [2.75, 3.05) is 59.2 Å². The van der Waals surface area contributed by atoms with Crippen molar-refractivity contribution in [1.29, 1.82) is 0 Å². The average molecular weight is 955 g/mol. The number of esters is 1. The van der Waals surface area contributed by atoms with Crippen LogP contribution in [0.4, 0.5) is 0 Å². The van der Waals surface area contributed by atoms with Crippen molar-refractivity contribution in [2.24, 2.45) is 23.7 Å². The molecule has 2 aromatic carbocycles. The third-order valence-electron chi connectivity index (χ3n) is 13.4. The number of imidazole rings is 2. The maximum Gasteiger partial charge on any atom is 0.310 e. The van der Waals surface area contributed by atoms with Gasteiger partial charge >= 0.3 is 11.9 Å². The van der Waals surface area contributed by atoms with Crippen LogP contribution in [-0.2, 0) is 67.8 Å². The molecule has 0 unspecified atom stereocenters. The molecule has 6 heterocycles. The summed E-state index contributed by atoms with van der Waals surface area (Å²) in [5, 5.41) is 9.34. The SMILES string of the molecule is CC(C)(C)c1nc2cc(S(=O)(=O)N3CCC[C@@H](C(=O)O)C3)ccc2n1CC1CCOCC1.CCOC(=O)[C@@H]1CCCN(S(=O)(=O)c2ccc3c(c2)nc(C(C)(C)C)n3CC2CCOCC2)C1. The van der Waals surface area contributed by atoms with Crippen LogP contribution >= 0.6 is 0 Å². The molecule has 8 rings (SSSR count). The number of aromatic nitrogens is 4. The molecule has 0 aliphatic carbocycles. The molecule has 4 saturated heterocycles. The minimum absolute atomic E-state index is 0.0150. The van der Waals surface area contributed by atoms with Crippen molar-refractivity contribution in [3.05, 3.63) is 48.0 Å². The second-order valence-corrected chi connectivity index (χ2v) is 24.4. The molecule has 4 aliphatic rings. The number of hydrogen-bond acceptors (Lipinski definition) is 11. The first kappa shape index (κ1) is 50.0. The van der Waals surface area contributed by atoms with Gasteiger partial charge in [0.1, 0.15) is 11.6 Å². The third kappa shape index (κ3) is 11.2. The Balaban J connectivity index is 0.000000197. The largest absolute Gasteiger partial charge is 0.481 e. The van der Waals surface area contributed by atoms with Crippen molar-refractivity contribution >= 4 is 54.1 Å². The van der Waals surface area contributed by atoms with Crippen LogP contribution in [0, 0.1) is 23.7 Å². The maximum absolute atomic E-state index is 13.5. The van der Waals surface area contributed by atoms with Crippen LogP contribution in [0.5, 0.6) is 0 Å². The summed E-state index contributed by atoms with van der Waals surface area (Å²) >= 11 is 0. The molecule has 2 aromatic heterocycles. The Morgan fingerprint density at radius 2 is 1.08 bits per heavy atom. The first-order valence-electron chi connectivity index (χ1n) is 23.7. The minimum atomic E-state index is -3.78. The van der Waals surface area contributed by atoms with E-state index in [1.165, 1.54) is 8.61 Å². The van der Waals surface area contributed by atoms with Gasteiger partial charge in [-0.3, -0.25) is 9.59 Å². The van der Waals surface area contributed by atoms with Crippen LogP contribution in [-0.4, -0.2) is 121 Å². The molecule has 4 fully saturated rings. The van der Waals surface area contributed by atoms with Gasteiger partial charge in [-0.1, -0.05) is 41.5 Å². The van der Waals surface area contributed by atoms with Gasteiger partial charge in [0.25, 0.3) is 0 Å². The van der Waals surface area contributed by atoms with Crippen molar-refractivity contribution < 1.29 is 45.7 Å². The number of carboxylic acids is 1. The van der Waals surface area contributed by atoms with E-state index in [1.807, 2.05) is 12.1 Å². The second kappa shape index (κ2) is 20.3. The zero-order chi connectivity index (χ0) is 47.6. The highest BCUT2D eigenvalue weighted by Crippen LogP contribution is 2.34. The van der Waals surface area contributed by atoms with Crippen LogP contribution in [0.15, 0.2) is 46.2 Å². The van der Waals surface area contributed by atoms with Crippen LogP contribution in [0.3, 0.4) is 0 Å². The Morgan fingerprint density at radius 1 is 0.667 bits per heavy atom. The Morgan fingerprint density at radius 3 is 1.47 bits per heavy atom. The van der Waals surface area contributed by atoms with Gasteiger partial charge in [0, 0.05) is 76.5 Å². The van der Waals surface area contributed by atoms with Crippen LogP contribution in [0.25, 0.3) is 22.1 Å². The number of rotatable bonds is 11. The van der Waals surface area contributed by atoms with E-state index in [0.717, 1.165) is 87.9 Å². The lowest BCUT2D eigenvalue weighted by Crippen LogP contribution is -2.42. The summed E-state index contributed by atoms with van der Waals surface area (Å²) in [6.07, 6.45) is 6.40. The van der Waals surface area contributed by atoms with Crippen LogP contribution < -0.4 is 0 Å². The maximum atomic E-state index is 13.5. The Kier molecular flexibility index (Phi) is 15.4. The average Bonchev–Trinajstić information content (AvgIpc) is 3.85. The Labute approximate surface area is 390 Å². The molecular weight excluding hydrogens is 885 g/mol. The summed E-state index contributed by atoms with van der Waals surface area (Å²) in [6, 6.07) is 10.4. The van der Waals surface area contributed by atoms with Gasteiger partial charge in [-0.05, 0) is 107 Å². The molecule has 0 amide bonds. The number of sulfonamides is 2. The highest BCUT2D eigenvalue weighted by atomic mass is 32.2. The number of benzene rings is 2. The van der Waals surface area contributed by atoms with E-state index in [2.05, 4.69) is 50.7 Å². The number of carbonyl (C=O) groups excluding carboxylic acids is 1. The zero-order valence-electron chi connectivity index (χ0n) is 39.8. The minimum Gasteiger partial charge on any atom is -0.481 e. The Hall–Kier alpha value is -3.94. The summed E-state index contributed by atoms with van der Waals surface area (Å²) in [5.74, 6) is 0.588. The second-order valence-electron chi connectivity index (χ2n) is 20.5. The van der Waals surface area contributed by atoms with Crippen LogP contribution in [0.1, 0.15) is 111 Å². The molecule has 16 nitrogen and oxygen atoms in total. The van der Waals surface area contributed by atoms with Gasteiger partial charge < -0.3 is 28.5 Å². The predicted molar refractivity (Wildman–Crippen MR) is 251 cm³/mol. The molecule has 0 bridgehead atoms. The third-order valence-corrected chi connectivity index (χ3v) is 17.1. The number of fused-ring (bicyclic) bond motifs is 2. The normalized spacial score (nSPS) is 21.4. The van der Waals surface area contributed by atoms with Crippen LogP contribution in [0.2, 0.25) is 0 Å². The highest BCUT2D eigenvalue weighted by Gasteiger charge is 2.36. The van der Waals surface area contributed by atoms with E-state index in [9.17, 15) is 31.5 Å². The van der Waals surface area contributed by atoms with Gasteiger partial charge in [-0.15, -0.1) is 0 Å². The standard InChI is InChI=1S/C25H37N3O5S.C23H33N3O5S/c1-5-33-23(29)19-7-6-12-27(17-19)34(30,31)20-8-9-22-21(15-20)26-24(25(2,3)4)28(22)16-18-10-13-32-14-11-18;1-23(2,3)22-24-19-13-18(32(29,30)25-10-4-5-17(15-25)21(27)28)6-7-20(19)26(22)14-16-8-11-31-12-9-16/h8-9,15,18-19H,5-7,10-14,16-17H2,1-4H3;6-7,13,16-17H,4-5,8-12,14-15H2,1-3H3,(H,27,28)/t19-;17-/m11/s1. The number of ether oxygens (including phenoxy) is 3. The zero-order valence-corrected chi connectivity index (χ0v) is 41.5. The number of nitrogens with zero attached hydrogens (tertiary/aromatic N) is 6. The number of aliphatic carboxylic acids is 1. The molecule has 364 valence electrons. The highest BCUT2D eigenvalue weighted by molar-refractivity contribution is 7.89. The lowest BCUT2D eigenvalue weighted by Gasteiger charge is -2.30. The molecule has 4 aromatic rings. The number of carbonyl (C=O) groups is 2. The van der Waals surface area contributed by atoms with E-state index in [1.54, 1.807) is 31.2 Å². The van der Waals surface area contributed by atoms with Gasteiger partial charge in [0.2, 0.25) is 20.0 Å². The van der Waals surface area contributed by atoms with E-state index < -0.39 is 37.9 Å². The lowest BCUT2D eigenvalue weighted by molar-refractivity contribution is -0.149. The molecular formula is C48H70N6O10S2. The quantitative estimate of drug-likeness (QED) is 0.152. The van der Waals surface area contributed by atoms with Crippen molar-refractivity contribution in [3.8, 4) is 0 Å². The topological polar surface area (TPSA) is 192 Å². The van der Waals surface area contributed by atoms with E-state index in [-0.39, 0.29) is 39.7 Å². The summed E-state index contributed by atoms with van der Waals surface area (Å²) in [4.78, 5) is 33.8. The smallest absolute Gasteiger partial charge is 0.310 e. The fourth-order valence-corrected chi connectivity index (χ4v) is 12.8. The summed E-state index contributed by atoms with van der Waals surface area (Å²) in [5.41, 5.74) is 2.88. The van der Waals surface area contributed by atoms with Crippen molar-refractivity contribution in [2.45, 2.75) is 134 Å². The van der Waals surface area contributed by atoms with Gasteiger partial charge in [-0.25, -0.2) is 26.8 Å².